The van der Waals surface area contributed by atoms with Crippen LogP contribution in [0.3, 0.4) is 0 Å². The molecule has 0 bridgehead atoms. The first kappa shape index (κ1) is 18.0. The van der Waals surface area contributed by atoms with Crippen LogP contribution in [0.5, 0.6) is 5.88 Å². The number of hydrogen-bond donors (Lipinski definition) is 0. The normalized spacial score (nSPS) is 14.6. The summed E-state index contributed by atoms with van der Waals surface area (Å²) in [6.45, 7) is 0.561. The van der Waals surface area contributed by atoms with Crippen LogP contribution in [-0.4, -0.2) is 44.8 Å². The quantitative estimate of drug-likeness (QED) is 0.689. The lowest BCUT2D eigenvalue weighted by Gasteiger charge is -2.38. The molecule has 0 spiro atoms. The Hall–Kier alpha value is -3.36. The Bertz CT molecular complexity index is 983. The van der Waals surface area contributed by atoms with E-state index in [1.165, 1.54) is 12.1 Å². The van der Waals surface area contributed by atoms with E-state index in [2.05, 4.69) is 10.1 Å². The summed E-state index contributed by atoms with van der Waals surface area (Å²) in [6, 6.07) is 12.3. The van der Waals surface area contributed by atoms with E-state index in [0.29, 0.717) is 5.56 Å². The molecular formula is C19H15F3N4O2. The number of likely N-dealkylation sites (tertiary alicyclic amines) is 1. The Balaban J connectivity index is 1.38. The van der Waals surface area contributed by atoms with Crippen molar-refractivity contribution in [2.24, 2.45) is 0 Å². The standard InChI is InChI=1S/C19H15F3N4O2/c20-19(21,22)16-6-2-7-17(24-16)28-15-11-25(12-15)18(27)13-4-1-5-14(10-13)26-9-3-8-23-26/h1-10,15H,11-12H2. The summed E-state index contributed by atoms with van der Waals surface area (Å²) < 4.78 is 45.3. The summed E-state index contributed by atoms with van der Waals surface area (Å²) in [6.07, 6.45) is -1.50. The van der Waals surface area contributed by atoms with E-state index in [1.54, 1.807) is 46.2 Å². The second-order valence-electron chi connectivity index (χ2n) is 6.31. The van der Waals surface area contributed by atoms with Gasteiger partial charge >= 0.3 is 6.18 Å². The van der Waals surface area contributed by atoms with Crippen molar-refractivity contribution in [1.29, 1.82) is 0 Å². The van der Waals surface area contributed by atoms with E-state index in [9.17, 15) is 18.0 Å². The highest BCUT2D eigenvalue weighted by atomic mass is 19.4. The SMILES string of the molecule is O=C(c1cccc(-n2cccn2)c1)N1CC(Oc2cccc(C(F)(F)F)n2)C1. The first-order valence-corrected chi connectivity index (χ1v) is 8.50. The largest absolute Gasteiger partial charge is 0.471 e. The van der Waals surface area contributed by atoms with Gasteiger partial charge in [-0.05, 0) is 30.3 Å². The molecule has 9 heteroatoms. The topological polar surface area (TPSA) is 60.2 Å². The molecular weight excluding hydrogens is 373 g/mol. The first-order chi connectivity index (χ1) is 13.4. The first-order valence-electron chi connectivity index (χ1n) is 8.50. The van der Waals surface area contributed by atoms with E-state index in [0.717, 1.165) is 11.8 Å². The van der Waals surface area contributed by atoms with E-state index in [4.69, 9.17) is 4.74 Å². The molecule has 2 aromatic heterocycles. The number of halogens is 3. The van der Waals surface area contributed by atoms with Crippen LogP contribution in [0.4, 0.5) is 13.2 Å². The molecule has 1 fully saturated rings. The molecule has 1 aliphatic rings. The number of alkyl halides is 3. The molecule has 1 amide bonds. The van der Waals surface area contributed by atoms with Crippen molar-refractivity contribution in [3.05, 3.63) is 72.2 Å². The number of nitrogens with zero attached hydrogens (tertiary/aromatic N) is 4. The summed E-state index contributed by atoms with van der Waals surface area (Å²) in [5.41, 5.74) is 0.258. The summed E-state index contributed by atoms with van der Waals surface area (Å²) in [4.78, 5) is 17.7. The van der Waals surface area contributed by atoms with Crippen LogP contribution in [0.15, 0.2) is 60.9 Å². The van der Waals surface area contributed by atoms with Gasteiger partial charge in [0.15, 0.2) is 0 Å². The van der Waals surface area contributed by atoms with Crippen LogP contribution in [0, 0.1) is 0 Å². The van der Waals surface area contributed by atoms with Crippen molar-refractivity contribution >= 4 is 5.91 Å². The zero-order chi connectivity index (χ0) is 19.7. The maximum atomic E-state index is 12.7. The molecule has 0 N–H and O–H groups in total. The molecule has 0 unspecified atom stereocenters. The van der Waals surface area contributed by atoms with Crippen LogP contribution < -0.4 is 4.74 Å². The van der Waals surface area contributed by atoms with Crippen LogP contribution in [0.25, 0.3) is 5.69 Å². The van der Waals surface area contributed by atoms with Crippen molar-refractivity contribution in [3.8, 4) is 11.6 Å². The van der Waals surface area contributed by atoms with E-state index in [-0.39, 0.29) is 24.9 Å². The predicted molar refractivity (Wildman–Crippen MR) is 93.1 cm³/mol. The molecule has 28 heavy (non-hydrogen) atoms. The van der Waals surface area contributed by atoms with Crippen molar-refractivity contribution in [1.82, 2.24) is 19.7 Å². The van der Waals surface area contributed by atoms with E-state index in [1.807, 2.05) is 6.07 Å². The summed E-state index contributed by atoms with van der Waals surface area (Å²) in [7, 11) is 0. The molecule has 0 saturated carbocycles. The molecule has 144 valence electrons. The van der Waals surface area contributed by atoms with Crippen molar-refractivity contribution in [2.45, 2.75) is 12.3 Å². The number of pyridine rings is 1. The zero-order valence-electron chi connectivity index (χ0n) is 14.5. The Morgan fingerprint density at radius 3 is 2.61 bits per heavy atom. The Morgan fingerprint density at radius 1 is 1.11 bits per heavy atom. The fourth-order valence-electron chi connectivity index (χ4n) is 2.87. The summed E-state index contributed by atoms with van der Waals surface area (Å²) >= 11 is 0. The van der Waals surface area contributed by atoms with Crippen LogP contribution in [0.1, 0.15) is 16.1 Å². The molecule has 3 heterocycles. The van der Waals surface area contributed by atoms with E-state index < -0.39 is 18.0 Å². The number of hydrogen-bond acceptors (Lipinski definition) is 4. The van der Waals surface area contributed by atoms with Gasteiger partial charge in [-0.3, -0.25) is 4.79 Å². The second kappa shape index (κ2) is 6.99. The van der Waals surface area contributed by atoms with Gasteiger partial charge in [0, 0.05) is 24.0 Å². The number of ether oxygens (including phenoxy) is 1. The Kier molecular flexibility index (Phi) is 4.50. The van der Waals surface area contributed by atoms with Gasteiger partial charge in [-0.1, -0.05) is 12.1 Å². The third-order valence-electron chi connectivity index (χ3n) is 4.30. The highest BCUT2D eigenvalue weighted by Gasteiger charge is 2.35. The minimum absolute atomic E-state index is 0.104. The minimum Gasteiger partial charge on any atom is -0.471 e. The molecule has 1 aromatic carbocycles. The lowest BCUT2D eigenvalue weighted by Crippen LogP contribution is -2.56. The van der Waals surface area contributed by atoms with E-state index >= 15 is 0 Å². The monoisotopic (exact) mass is 388 g/mol. The van der Waals surface area contributed by atoms with Crippen molar-refractivity contribution < 1.29 is 22.7 Å². The molecule has 3 aromatic rings. The number of carbonyl (C=O) groups excluding carboxylic acids is 1. The van der Waals surface area contributed by atoms with Crippen LogP contribution in [-0.2, 0) is 6.18 Å². The Labute approximate surface area is 158 Å². The molecule has 4 rings (SSSR count). The van der Waals surface area contributed by atoms with Crippen molar-refractivity contribution in [3.63, 3.8) is 0 Å². The number of carbonyl (C=O) groups is 1. The van der Waals surface area contributed by atoms with Gasteiger partial charge < -0.3 is 9.64 Å². The smallest absolute Gasteiger partial charge is 0.433 e. The van der Waals surface area contributed by atoms with Gasteiger partial charge in [0.05, 0.1) is 18.8 Å². The molecule has 0 aliphatic carbocycles. The fourth-order valence-corrected chi connectivity index (χ4v) is 2.87. The zero-order valence-corrected chi connectivity index (χ0v) is 14.5. The van der Waals surface area contributed by atoms with Gasteiger partial charge in [-0.15, -0.1) is 0 Å². The second-order valence-corrected chi connectivity index (χ2v) is 6.31. The highest BCUT2D eigenvalue weighted by molar-refractivity contribution is 5.95. The molecule has 6 nitrogen and oxygen atoms in total. The summed E-state index contributed by atoms with van der Waals surface area (Å²) in [5, 5.41) is 4.13. The maximum absolute atomic E-state index is 12.7. The third kappa shape index (κ3) is 3.68. The fraction of sp³-hybridized carbons (Fsp3) is 0.211. The molecule has 1 saturated heterocycles. The highest BCUT2D eigenvalue weighted by Crippen LogP contribution is 2.29. The molecule has 0 atom stereocenters. The number of benzene rings is 1. The minimum atomic E-state index is -4.53. The average Bonchev–Trinajstić information content (AvgIpc) is 3.18. The molecule has 1 aliphatic heterocycles. The van der Waals surface area contributed by atoms with Gasteiger partial charge in [0.1, 0.15) is 11.8 Å². The lowest BCUT2D eigenvalue weighted by atomic mass is 10.1. The van der Waals surface area contributed by atoms with Gasteiger partial charge in [-0.2, -0.15) is 18.3 Å². The molecule has 0 radical (unpaired) electrons. The van der Waals surface area contributed by atoms with Crippen molar-refractivity contribution in [2.75, 3.05) is 13.1 Å². The van der Waals surface area contributed by atoms with Gasteiger partial charge in [-0.25, -0.2) is 9.67 Å². The van der Waals surface area contributed by atoms with Crippen LogP contribution in [0.2, 0.25) is 0 Å². The third-order valence-corrected chi connectivity index (χ3v) is 4.30. The average molecular weight is 388 g/mol. The summed E-state index contributed by atoms with van der Waals surface area (Å²) in [5.74, 6) is -0.279. The Morgan fingerprint density at radius 2 is 1.89 bits per heavy atom. The van der Waals surface area contributed by atoms with Gasteiger partial charge in [0.2, 0.25) is 5.88 Å². The number of aromatic nitrogens is 3. The lowest BCUT2D eigenvalue weighted by molar-refractivity contribution is -0.141. The maximum Gasteiger partial charge on any atom is 0.433 e. The van der Waals surface area contributed by atoms with Crippen LogP contribution >= 0.6 is 0 Å². The number of rotatable bonds is 4. The van der Waals surface area contributed by atoms with Gasteiger partial charge in [0.25, 0.3) is 5.91 Å². The number of amides is 1. The predicted octanol–water partition coefficient (Wildman–Crippen LogP) is 3.19.